The number of carbonyl (C=O) groups excluding carboxylic acids is 1. The number of benzene rings is 1. The largest absolute Gasteiger partial charge is 0.378 e. The normalized spacial score (nSPS) is 17.1. The molecule has 0 atom stereocenters. The van der Waals surface area contributed by atoms with Crippen LogP contribution in [0.3, 0.4) is 0 Å². The molecule has 0 radical (unpaired) electrons. The number of ether oxygens (including phenoxy) is 1. The molecule has 2 rings (SSSR count). The van der Waals surface area contributed by atoms with Gasteiger partial charge in [-0.1, -0.05) is 6.07 Å². The molecule has 21 heavy (non-hydrogen) atoms. The first-order valence-corrected chi connectivity index (χ1v) is 8.29. The zero-order valence-corrected chi connectivity index (χ0v) is 13.0. The summed E-state index contributed by atoms with van der Waals surface area (Å²) in [4.78, 5) is 12.1. The van der Waals surface area contributed by atoms with Gasteiger partial charge >= 0.3 is 0 Å². The maximum absolute atomic E-state index is 12.1. The molecule has 1 aliphatic carbocycles. The summed E-state index contributed by atoms with van der Waals surface area (Å²) in [6.45, 7) is 1.62. The minimum absolute atomic E-state index is 0.0189. The van der Waals surface area contributed by atoms with E-state index in [9.17, 15) is 13.2 Å². The number of sulfonamides is 1. The van der Waals surface area contributed by atoms with Crippen LogP contribution in [0.5, 0.6) is 0 Å². The van der Waals surface area contributed by atoms with Crippen molar-refractivity contribution < 1.29 is 17.9 Å². The number of methoxy groups -OCH3 is 1. The summed E-state index contributed by atoms with van der Waals surface area (Å²) in [6.07, 6.45) is 3.06. The summed E-state index contributed by atoms with van der Waals surface area (Å²) in [5.41, 5.74) is 0.528. The van der Waals surface area contributed by atoms with Gasteiger partial charge in [0.25, 0.3) is 0 Å². The number of hydrogen-bond donors (Lipinski definition) is 2. The summed E-state index contributed by atoms with van der Waals surface area (Å²) in [6, 6.07) is 4.63. The minimum Gasteiger partial charge on any atom is -0.378 e. The average molecular weight is 312 g/mol. The second kappa shape index (κ2) is 5.75. The van der Waals surface area contributed by atoms with Crippen LogP contribution in [0.15, 0.2) is 23.1 Å². The fraction of sp³-hybridized carbons (Fsp3) is 0.500. The molecule has 0 aromatic heterocycles. The lowest BCUT2D eigenvalue weighted by molar-refractivity contribution is -0.129. The van der Waals surface area contributed by atoms with Crippen LogP contribution < -0.4 is 10.5 Å². The molecule has 0 aliphatic heterocycles. The van der Waals surface area contributed by atoms with Gasteiger partial charge in [-0.05, 0) is 43.9 Å². The smallest absolute Gasteiger partial charge is 0.238 e. The minimum atomic E-state index is -3.80. The molecule has 7 heteroatoms. The van der Waals surface area contributed by atoms with Crippen molar-refractivity contribution >= 4 is 21.6 Å². The van der Waals surface area contributed by atoms with E-state index in [1.54, 1.807) is 26.2 Å². The number of primary sulfonamides is 1. The molecule has 3 N–H and O–H groups in total. The third kappa shape index (κ3) is 3.42. The van der Waals surface area contributed by atoms with Crippen molar-refractivity contribution in [1.82, 2.24) is 0 Å². The monoisotopic (exact) mass is 312 g/mol. The van der Waals surface area contributed by atoms with E-state index < -0.39 is 10.0 Å². The van der Waals surface area contributed by atoms with E-state index in [1.807, 2.05) is 0 Å². The van der Waals surface area contributed by atoms with Crippen LogP contribution in [0, 0.1) is 6.92 Å². The highest BCUT2D eigenvalue weighted by molar-refractivity contribution is 7.89. The van der Waals surface area contributed by atoms with Crippen LogP contribution >= 0.6 is 0 Å². The predicted octanol–water partition coefficient (Wildman–Crippen LogP) is 1.54. The number of rotatable bonds is 5. The molecular formula is C14H20N2O4S. The molecule has 0 unspecified atom stereocenters. The third-order valence-corrected chi connectivity index (χ3v) is 5.10. The molecule has 0 saturated heterocycles. The van der Waals surface area contributed by atoms with E-state index in [2.05, 4.69) is 5.32 Å². The summed E-state index contributed by atoms with van der Waals surface area (Å²) in [7, 11) is -2.19. The van der Waals surface area contributed by atoms with E-state index in [1.165, 1.54) is 6.07 Å². The first-order chi connectivity index (χ1) is 9.77. The van der Waals surface area contributed by atoms with Gasteiger partial charge in [0.2, 0.25) is 15.9 Å². The lowest BCUT2D eigenvalue weighted by atomic mass is 9.77. The van der Waals surface area contributed by atoms with Crippen molar-refractivity contribution in [2.75, 3.05) is 12.4 Å². The molecule has 1 saturated carbocycles. The molecule has 116 valence electrons. The van der Waals surface area contributed by atoms with Gasteiger partial charge in [0.15, 0.2) is 0 Å². The van der Waals surface area contributed by atoms with Crippen molar-refractivity contribution in [1.29, 1.82) is 0 Å². The third-order valence-electron chi connectivity index (χ3n) is 4.05. The van der Waals surface area contributed by atoms with Gasteiger partial charge in [-0.2, -0.15) is 0 Å². The second-order valence-corrected chi connectivity index (χ2v) is 6.97. The predicted molar refractivity (Wildman–Crippen MR) is 79.4 cm³/mol. The number of hydrogen-bond acceptors (Lipinski definition) is 4. The van der Waals surface area contributed by atoms with Gasteiger partial charge in [-0.15, -0.1) is 0 Å². The topological polar surface area (TPSA) is 98.5 Å². The first-order valence-electron chi connectivity index (χ1n) is 6.75. The van der Waals surface area contributed by atoms with Crippen molar-refractivity contribution in [3.63, 3.8) is 0 Å². The van der Waals surface area contributed by atoms with E-state index in [0.717, 1.165) is 19.3 Å². The highest BCUT2D eigenvalue weighted by Gasteiger charge is 2.39. The van der Waals surface area contributed by atoms with Gasteiger partial charge in [0.1, 0.15) is 0 Å². The quantitative estimate of drug-likeness (QED) is 0.861. The Bertz CT molecular complexity index is 645. The van der Waals surface area contributed by atoms with Crippen LogP contribution in [-0.2, 0) is 19.6 Å². The van der Waals surface area contributed by atoms with Gasteiger partial charge in [0.05, 0.1) is 16.9 Å². The summed E-state index contributed by atoms with van der Waals surface area (Å²) in [5, 5.41) is 7.89. The molecule has 1 amide bonds. The maximum atomic E-state index is 12.1. The Kier molecular flexibility index (Phi) is 4.36. The van der Waals surface area contributed by atoms with Gasteiger partial charge in [-0.25, -0.2) is 13.6 Å². The Morgan fingerprint density at radius 2 is 2.10 bits per heavy atom. The van der Waals surface area contributed by atoms with Crippen molar-refractivity contribution in [2.24, 2.45) is 5.14 Å². The standard InChI is InChI=1S/C14H20N2O4S/c1-10-11(5-3-6-12(10)21(15,18)19)16-13(17)9-14(20-2)7-4-8-14/h3,5-6H,4,7-9H2,1-2H3,(H,16,17)(H2,15,18,19). The van der Waals surface area contributed by atoms with Crippen molar-refractivity contribution in [3.8, 4) is 0 Å². The Morgan fingerprint density at radius 1 is 1.43 bits per heavy atom. The molecule has 0 heterocycles. The molecule has 1 aromatic carbocycles. The zero-order valence-electron chi connectivity index (χ0n) is 12.2. The van der Waals surface area contributed by atoms with Crippen molar-refractivity contribution in [2.45, 2.75) is 43.1 Å². The molecule has 0 bridgehead atoms. The van der Waals surface area contributed by atoms with E-state index in [0.29, 0.717) is 11.3 Å². The molecule has 1 aliphatic rings. The SMILES string of the molecule is COC1(CC(=O)Nc2cccc(S(N)(=O)=O)c2C)CCC1. The fourth-order valence-corrected chi connectivity index (χ4v) is 3.37. The summed E-state index contributed by atoms with van der Waals surface area (Å²) in [5.74, 6) is -0.189. The Labute approximate surface area is 124 Å². The Morgan fingerprint density at radius 3 is 2.57 bits per heavy atom. The summed E-state index contributed by atoms with van der Waals surface area (Å²) < 4.78 is 28.3. The van der Waals surface area contributed by atoms with Gasteiger partial charge in [0, 0.05) is 12.8 Å². The van der Waals surface area contributed by atoms with E-state index in [-0.39, 0.29) is 22.8 Å². The number of amides is 1. The molecule has 1 aromatic rings. The Hall–Kier alpha value is -1.44. The second-order valence-electron chi connectivity index (χ2n) is 5.44. The molecule has 6 nitrogen and oxygen atoms in total. The van der Waals surface area contributed by atoms with E-state index in [4.69, 9.17) is 9.88 Å². The van der Waals surface area contributed by atoms with Crippen LogP contribution in [-0.4, -0.2) is 27.0 Å². The maximum Gasteiger partial charge on any atom is 0.238 e. The molecule has 1 fully saturated rings. The number of nitrogens with two attached hydrogens (primary N) is 1. The van der Waals surface area contributed by atoms with Crippen LogP contribution in [0.2, 0.25) is 0 Å². The highest BCUT2D eigenvalue weighted by Crippen LogP contribution is 2.38. The van der Waals surface area contributed by atoms with Crippen LogP contribution in [0.1, 0.15) is 31.2 Å². The lowest BCUT2D eigenvalue weighted by Gasteiger charge is -2.39. The Balaban J connectivity index is 2.15. The van der Waals surface area contributed by atoms with E-state index >= 15 is 0 Å². The van der Waals surface area contributed by atoms with Crippen LogP contribution in [0.4, 0.5) is 5.69 Å². The first kappa shape index (κ1) is 15.9. The molecular weight excluding hydrogens is 292 g/mol. The zero-order chi connectivity index (χ0) is 15.7. The van der Waals surface area contributed by atoms with Gasteiger partial charge < -0.3 is 10.1 Å². The van der Waals surface area contributed by atoms with Crippen molar-refractivity contribution in [3.05, 3.63) is 23.8 Å². The van der Waals surface area contributed by atoms with Gasteiger partial charge in [-0.3, -0.25) is 4.79 Å². The lowest BCUT2D eigenvalue weighted by Crippen LogP contribution is -2.42. The number of carbonyl (C=O) groups is 1. The number of anilines is 1. The number of nitrogens with one attached hydrogen (secondary N) is 1. The average Bonchev–Trinajstić information content (AvgIpc) is 2.35. The molecule has 0 spiro atoms. The highest BCUT2D eigenvalue weighted by atomic mass is 32.2. The summed E-state index contributed by atoms with van der Waals surface area (Å²) >= 11 is 0. The fourth-order valence-electron chi connectivity index (χ4n) is 2.57. The van der Waals surface area contributed by atoms with Crippen LogP contribution in [0.25, 0.3) is 0 Å².